The SMILES string of the molecule is Cc1cccc(C)c1C(CC1CCC1)NN. The Kier molecular flexibility index (Phi) is 3.62. The van der Waals surface area contributed by atoms with Gasteiger partial charge in [-0.05, 0) is 42.9 Å². The summed E-state index contributed by atoms with van der Waals surface area (Å²) in [6, 6.07) is 6.79. The van der Waals surface area contributed by atoms with Crippen LogP contribution >= 0.6 is 0 Å². The Morgan fingerprint density at radius 1 is 1.31 bits per heavy atom. The summed E-state index contributed by atoms with van der Waals surface area (Å²) in [7, 11) is 0. The Balaban J connectivity index is 2.17. The molecule has 2 rings (SSSR count). The third-order valence-electron chi connectivity index (χ3n) is 3.89. The van der Waals surface area contributed by atoms with Crippen molar-refractivity contribution in [2.24, 2.45) is 11.8 Å². The minimum atomic E-state index is 0.325. The normalized spacial score (nSPS) is 18.2. The summed E-state index contributed by atoms with van der Waals surface area (Å²) in [5, 5.41) is 0. The molecule has 1 aliphatic rings. The highest BCUT2D eigenvalue weighted by Gasteiger charge is 2.23. The van der Waals surface area contributed by atoms with E-state index in [1.54, 1.807) is 0 Å². The molecule has 1 aromatic rings. The average molecular weight is 218 g/mol. The molecule has 0 aromatic heterocycles. The fourth-order valence-corrected chi connectivity index (χ4v) is 2.71. The van der Waals surface area contributed by atoms with E-state index in [2.05, 4.69) is 37.5 Å². The van der Waals surface area contributed by atoms with Crippen LogP contribution in [0.2, 0.25) is 0 Å². The maximum Gasteiger partial charge on any atom is 0.0467 e. The van der Waals surface area contributed by atoms with E-state index in [0.29, 0.717) is 6.04 Å². The minimum absolute atomic E-state index is 0.325. The van der Waals surface area contributed by atoms with Gasteiger partial charge in [0.2, 0.25) is 0 Å². The molecule has 1 unspecified atom stereocenters. The Labute approximate surface area is 98.2 Å². The molecule has 0 bridgehead atoms. The summed E-state index contributed by atoms with van der Waals surface area (Å²) in [4.78, 5) is 0. The van der Waals surface area contributed by atoms with E-state index in [9.17, 15) is 0 Å². The highest BCUT2D eigenvalue weighted by molar-refractivity contribution is 5.36. The zero-order valence-corrected chi connectivity index (χ0v) is 10.3. The van der Waals surface area contributed by atoms with E-state index < -0.39 is 0 Å². The number of aryl methyl sites for hydroxylation is 2. The number of nitrogens with two attached hydrogens (primary N) is 1. The molecule has 1 fully saturated rings. The summed E-state index contributed by atoms with van der Waals surface area (Å²) in [6.45, 7) is 4.35. The van der Waals surface area contributed by atoms with Crippen molar-refractivity contribution in [2.45, 2.75) is 45.6 Å². The molecule has 0 heterocycles. The molecule has 2 heteroatoms. The number of hydrazine groups is 1. The fraction of sp³-hybridized carbons (Fsp3) is 0.571. The van der Waals surface area contributed by atoms with Gasteiger partial charge >= 0.3 is 0 Å². The van der Waals surface area contributed by atoms with Crippen LogP contribution in [0.4, 0.5) is 0 Å². The van der Waals surface area contributed by atoms with E-state index in [1.165, 1.54) is 42.4 Å². The molecule has 16 heavy (non-hydrogen) atoms. The summed E-state index contributed by atoms with van der Waals surface area (Å²) < 4.78 is 0. The summed E-state index contributed by atoms with van der Waals surface area (Å²) in [6.07, 6.45) is 5.34. The van der Waals surface area contributed by atoms with Crippen molar-refractivity contribution in [3.63, 3.8) is 0 Å². The number of nitrogens with one attached hydrogen (secondary N) is 1. The number of rotatable bonds is 4. The predicted octanol–water partition coefficient (Wildman–Crippen LogP) is 3.00. The van der Waals surface area contributed by atoms with Crippen LogP contribution < -0.4 is 11.3 Å². The molecule has 1 atom stereocenters. The van der Waals surface area contributed by atoms with Gasteiger partial charge in [-0.3, -0.25) is 11.3 Å². The predicted molar refractivity (Wildman–Crippen MR) is 67.9 cm³/mol. The van der Waals surface area contributed by atoms with Crippen LogP contribution in [0.15, 0.2) is 18.2 Å². The molecule has 3 N–H and O–H groups in total. The van der Waals surface area contributed by atoms with Crippen LogP contribution in [0.1, 0.15) is 48.4 Å². The molecule has 0 spiro atoms. The van der Waals surface area contributed by atoms with Gasteiger partial charge in [0, 0.05) is 6.04 Å². The van der Waals surface area contributed by atoms with Crippen LogP contribution in [0.5, 0.6) is 0 Å². The first kappa shape index (κ1) is 11.6. The van der Waals surface area contributed by atoms with Crippen LogP contribution in [0.25, 0.3) is 0 Å². The van der Waals surface area contributed by atoms with Crippen molar-refractivity contribution in [3.8, 4) is 0 Å². The Morgan fingerprint density at radius 3 is 2.38 bits per heavy atom. The fourth-order valence-electron chi connectivity index (χ4n) is 2.71. The van der Waals surface area contributed by atoms with Crippen molar-refractivity contribution >= 4 is 0 Å². The van der Waals surface area contributed by atoms with E-state index in [1.807, 2.05) is 0 Å². The van der Waals surface area contributed by atoms with Gasteiger partial charge in [-0.15, -0.1) is 0 Å². The number of hydrogen-bond acceptors (Lipinski definition) is 2. The first-order valence-corrected chi connectivity index (χ1v) is 6.24. The van der Waals surface area contributed by atoms with E-state index in [-0.39, 0.29) is 0 Å². The second-order valence-corrected chi connectivity index (χ2v) is 5.06. The van der Waals surface area contributed by atoms with Crippen molar-refractivity contribution in [3.05, 3.63) is 34.9 Å². The molecule has 88 valence electrons. The molecule has 0 aliphatic heterocycles. The average Bonchev–Trinajstić information content (AvgIpc) is 2.19. The standard InChI is InChI=1S/C14H22N2/c1-10-5-3-6-11(2)14(10)13(16-15)9-12-7-4-8-12/h3,5-6,12-13,16H,4,7-9,15H2,1-2H3. The van der Waals surface area contributed by atoms with Gasteiger partial charge in [0.05, 0.1) is 0 Å². The van der Waals surface area contributed by atoms with Gasteiger partial charge < -0.3 is 0 Å². The molecule has 0 radical (unpaired) electrons. The van der Waals surface area contributed by atoms with Crippen molar-refractivity contribution in [2.75, 3.05) is 0 Å². The molecule has 1 aromatic carbocycles. The van der Waals surface area contributed by atoms with E-state index in [0.717, 1.165) is 5.92 Å². The zero-order valence-electron chi connectivity index (χ0n) is 10.3. The van der Waals surface area contributed by atoms with Gasteiger partial charge in [-0.2, -0.15) is 0 Å². The largest absolute Gasteiger partial charge is 0.271 e. The zero-order chi connectivity index (χ0) is 11.5. The summed E-state index contributed by atoms with van der Waals surface area (Å²) >= 11 is 0. The lowest BCUT2D eigenvalue weighted by Crippen LogP contribution is -2.32. The topological polar surface area (TPSA) is 38.0 Å². The van der Waals surface area contributed by atoms with Crippen LogP contribution in [0.3, 0.4) is 0 Å². The molecule has 0 saturated heterocycles. The first-order valence-electron chi connectivity index (χ1n) is 6.24. The lowest BCUT2D eigenvalue weighted by atomic mass is 9.78. The molecular weight excluding hydrogens is 196 g/mol. The van der Waals surface area contributed by atoms with Crippen molar-refractivity contribution in [1.82, 2.24) is 5.43 Å². The van der Waals surface area contributed by atoms with Gasteiger partial charge in [-0.25, -0.2) is 0 Å². The van der Waals surface area contributed by atoms with Gasteiger partial charge in [0.15, 0.2) is 0 Å². The number of hydrogen-bond donors (Lipinski definition) is 2. The molecule has 2 nitrogen and oxygen atoms in total. The lowest BCUT2D eigenvalue weighted by Gasteiger charge is -2.30. The van der Waals surface area contributed by atoms with Gasteiger partial charge in [0.1, 0.15) is 0 Å². The second kappa shape index (κ2) is 4.98. The molecular formula is C14H22N2. The third-order valence-corrected chi connectivity index (χ3v) is 3.89. The maximum atomic E-state index is 5.72. The van der Waals surface area contributed by atoms with E-state index in [4.69, 9.17) is 5.84 Å². The highest BCUT2D eigenvalue weighted by Crippen LogP contribution is 2.36. The molecule has 1 aliphatic carbocycles. The Bertz CT molecular complexity index is 336. The number of benzene rings is 1. The van der Waals surface area contributed by atoms with Gasteiger partial charge in [0.25, 0.3) is 0 Å². The molecule has 0 amide bonds. The smallest absolute Gasteiger partial charge is 0.0467 e. The molecule has 1 saturated carbocycles. The highest BCUT2D eigenvalue weighted by atomic mass is 15.2. The first-order chi connectivity index (χ1) is 7.72. The maximum absolute atomic E-state index is 5.72. The van der Waals surface area contributed by atoms with Crippen LogP contribution in [-0.2, 0) is 0 Å². The Morgan fingerprint density at radius 2 is 1.94 bits per heavy atom. The minimum Gasteiger partial charge on any atom is -0.271 e. The second-order valence-electron chi connectivity index (χ2n) is 5.06. The third kappa shape index (κ3) is 2.28. The lowest BCUT2D eigenvalue weighted by molar-refractivity contribution is 0.261. The summed E-state index contributed by atoms with van der Waals surface area (Å²) in [5.74, 6) is 6.59. The van der Waals surface area contributed by atoms with Crippen LogP contribution in [-0.4, -0.2) is 0 Å². The van der Waals surface area contributed by atoms with Crippen molar-refractivity contribution in [1.29, 1.82) is 0 Å². The quantitative estimate of drug-likeness (QED) is 0.602. The summed E-state index contributed by atoms with van der Waals surface area (Å²) in [5.41, 5.74) is 7.10. The van der Waals surface area contributed by atoms with Crippen LogP contribution in [0, 0.1) is 19.8 Å². The van der Waals surface area contributed by atoms with Crippen molar-refractivity contribution < 1.29 is 0 Å². The van der Waals surface area contributed by atoms with E-state index >= 15 is 0 Å². The van der Waals surface area contributed by atoms with Gasteiger partial charge in [-0.1, -0.05) is 37.5 Å². The monoisotopic (exact) mass is 218 g/mol. The Hall–Kier alpha value is -0.860.